The zero-order chi connectivity index (χ0) is 15.0. The fourth-order valence-corrected chi connectivity index (χ4v) is 1.70. The lowest BCUT2D eigenvalue weighted by molar-refractivity contribution is 0.253. The molecule has 0 saturated heterocycles. The Morgan fingerprint density at radius 2 is 2.20 bits per heavy atom. The van der Waals surface area contributed by atoms with Crippen LogP contribution in [0.1, 0.15) is 0 Å². The Balaban J connectivity index is 2.53. The first-order chi connectivity index (χ1) is 9.40. The number of carbonyl (C=O) groups is 1. The molecule has 0 fully saturated rings. The Morgan fingerprint density at radius 3 is 2.85 bits per heavy atom. The van der Waals surface area contributed by atoms with Crippen LogP contribution in [0.2, 0.25) is 0 Å². The molecule has 1 aromatic carbocycles. The summed E-state index contributed by atoms with van der Waals surface area (Å²) in [5.41, 5.74) is 0.559. The Kier molecular flexibility index (Phi) is 6.05. The van der Waals surface area contributed by atoms with Crippen LogP contribution in [0, 0.1) is 0 Å². The van der Waals surface area contributed by atoms with Crippen LogP contribution in [-0.2, 0) is 9.84 Å². The predicted molar refractivity (Wildman–Crippen MR) is 78.9 cm³/mol. The van der Waals surface area contributed by atoms with E-state index in [1.165, 1.54) is 0 Å². The normalized spacial score (nSPS) is 10.7. The third-order valence-electron chi connectivity index (χ3n) is 2.22. The largest absolute Gasteiger partial charge is 0.492 e. The number of rotatable bonds is 7. The molecule has 0 aliphatic rings. The Bertz CT molecular complexity index is 569. The van der Waals surface area contributed by atoms with Gasteiger partial charge >= 0.3 is 6.03 Å². The summed E-state index contributed by atoms with van der Waals surface area (Å²) in [6.07, 6.45) is 2.72. The SMILES string of the molecule is C=CCNC(=O)Nc1cccc(OCCS(C)(=O)=O)c1. The highest BCUT2D eigenvalue weighted by atomic mass is 32.2. The highest BCUT2D eigenvalue weighted by Crippen LogP contribution is 2.17. The molecule has 20 heavy (non-hydrogen) atoms. The topological polar surface area (TPSA) is 84.5 Å². The van der Waals surface area contributed by atoms with Crippen LogP contribution in [0.5, 0.6) is 5.75 Å². The monoisotopic (exact) mass is 298 g/mol. The smallest absolute Gasteiger partial charge is 0.319 e. The van der Waals surface area contributed by atoms with E-state index in [-0.39, 0.29) is 18.4 Å². The van der Waals surface area contributed by atoms with Crippen molar-refractivity contribution in [2.24, 2.45) is 0 Å². The average Bonchev–Trinajstić information content (AvgIpc) is 2.35. The Hall–Kier alpha value is -2.02. The van der Waals surface area contributed by atoms with Gasteiger partial charge in [0.1, 0.15) is 12.4 Å². The zero-order valence-corrected chi connectivity index (χ0v) is 12.1. The van der Waals surface area contributed by atoms with Crippen LogP contribution in [-0.4, -0.2) is 39.6 Å². The Morgan fingerprint density at radius 1 is 1.45 bits per heavy atom. The molecule has 110 valence electrons. The van der Waals surface area contributed by atoms with Crippen LogP contribution in [0.3, 0.4) is 0 Å². The van der Waals surface area contributed by atoms with Crippen molar-refractivity contribution in [3.8, 4) is 5.75 Å². The van der Waals surface area contributed by atoms with Crippen LogP contribution in [0.4, 0.5) is 10.5 Å². The second kappa shape index (κ2) is 7.54. The van der Waals surface area contributed by atoms with Gasteiger partial charge in [0.05, 0.1) is 5.75 Å². The molecule has 6 nitrogen and oxygen atoms in total. The lowest BCUT2D eigenvalue weighted by atomic mass is 10.3. The van der Waals surface area contributed by atoms with Gasteiger partial charge in [-0.1, -0.05) is 12.1 Å². The van der Waals surface area contributed by atoms with Gasteiger partial charge in [0.2, 0.25) is 0 Å². The second-order valence-corrected chi connectivity index (χ2v) is 6.39. The molecule has 0 unspecified atom stereocenters. The van der Waals surface area contributed by atoms with Crippen molar-refractivity contribution in [3.63, 3.8) is 0 Å². The molecule has 0 saturated carbocycles. The molecular weight excluding hydrogens is 280 g/mol. The lowest BCUT2D eigenvalue weighted by Crippen LogP contribution is -2.28. The van der Waals surface area contributed by atoms with Crippen molar-refractivity contribution >= 4 is 21.6 Å². The fourth-order valence-electron chi connectivity index (χ4n) is 1.31. The third kappa shape index (κ3) is 6.79. The number of benzene rings is 1. The average molecular weight is 298 g/mol. The number of urea groups is 1. The number of carbonyl (C=O) groups excluding carboxylic acids is 1. The summed E-state index contributed by atoms with van der Waals surface area (Å²) in [4.78, 5) is 11.4. The van der Waals surface area contributed by atoms with Crippen molar-refractivity contribution in [1.29, 1.82) is 0 Å². The highest BCUT2D eigenvalue weighted by molar-refractivity contribution is 7.90. The van der Waals surface area contributed by atoms with Gasteiger partial charge in [-0.25, -0.2) is 13.2 Å². The summed E-state index contributed by atoms with van der Waals surface area (Å²) < 4.78 is 27.3. The van der Waals surface area contributed by atoms with Crippen molar-refractivity contribution in [2.45, 2.75) is 0 Å². The molecule has 0 aliphatic heterocycles. The van der Waals surface area contributed by atoms with E-state index < -0.39 is 9.84 Å². The van der Waals surface area contributed by atoms with Crippen LogP contribution in [0.15, 0.2) is 36.9 Å². The van der Waals surface area contributed by atoms with E-state index in [1.54, 1.807) is 30.3 Å². The highest BCUT2D eigenvalue weighted by Gasteiger charge is 2.04. The van der Waals surface area contributed by atoms with E-state index in [1.807, 2.05) is 0 Å². The van der Waals surface area contributed by atoms with Gasteiger partial charge in [-0.2, -0.15) is 0 Å². The summed E-state index contributed by atoms with van der Waals surface area (Å²) in [6, 6.07) is 6.37. The van der Waals surface area contributed by atoms with Gasteiger partial charge in [-0.3, -0.25) is 0 Å². The maximum absolute atomic E-state index is 11.4. The molecule has 0 radical (unpaired) electrons. The zero-order valence-electron chi connectivity index (χ0n) is 11.3. The number of ether oxygens (including phenoxy) is 1. The Labute approximate surface area is 118 Å². The van der Waals surface area contributed by atoms with Gasteiger partial charge in [0.15, 0.2) is 9.84 Å². The first kappa shape index (κ1) is 16.0. The van der Waals surface area contributed by atoms with Gasteiger partial charge in [-0.15, -0.1) is 6.58 Å². The van der Waals surface area contributed by atoms with Gasteiger partial charge < -0.3 is 15.4 Å². The number of hydrogen-bond donors (Lipinski definition) is 2. The minimum absolute atomic E-state index is 0.0511. The molecule has 0 atom stereocenters. The molecule has 0 spiro atoms. The maximum atomic E-state index is 11.4. The molecule has 0 aromatic heterocycles. The van der Waals surface area contributed by atoms with Crippen LogP contribution >= 0.6 is 0 Å². The quantitative estimate of drug-likeness (QED) is 0.746. The third-order valence-corrected chi connectivity index (χ3v) is 3.13. The number of nitrogens with one attached hydrogen (secondary N) is 2. The first-order valence-electron chi connectivity index (χ1n) is 5.97. The van der Waals surface area contributed by atoms with Gasteiger partial charge in [0, 0.05) is 24.6 Å². The van der Waals surface area contributed by atoms with E-state index in [0.717, 1.165) is 6.26 Å². The molecule has 0 aliphatic carbocycles. The lowest BCUT2D eigenvalue weighted by Gasteiger charge is -2.09. The number of amides is 2. The molecule has 2 N–H and O–H groups in total. The standard InChI is InChI=1S/C13H18N2O4S/c1-3-7-14-13(16)15-11-5-4-6-12(10-11)19-8-9-20(2,17)18/h3-6,10H,1,7-9H2,2H3,(H2,14,15,16). The van der Waals surface area contributed by atoms with Gasteiger partial charge in [0.25, 0.3) is 0 Å². The van der Waals surface area contributed by atoms with E-state index >= 15 is 0 Å². The van der Waals surface area contributed by atoms with Gasteiger partial charge in [-0.05, 0) is 12.1 Å². The number of sulfone groups is 1. The molecule has 7 heteroatoms. The summed E-state index contributed by atoms with van der Waals surface area (Å²) >= 11 is 0. The van der Waals surface area contributed by atoms with Crippen molar-refractivity contribution in [2.75, 3.05) is 30.5 Å². The molecule has 0 heterocycles. The van der Waals surface area contributed by atoms with E-state index in [2.05, 4.69) is 17.2 Å². The number of hydrogen-bond acceptors (Lipinski definition) is 4. The molecule has 0 bridgehead atoms. The minimum atomic E-state index is -3.05. The van der Waals surface area contributed by atoms with E-state index in [9.17, 15) is 13.2 Å². The summed E-state index contributed by atoms with van der Waals surface area (Å²) in [5.74, 6) is 0.444. The maximum Gasteiger partial charge on any atom is 0.319 e. The second-order valence-electron chi connectivity index (χ2n) is 4.13. The molecule has 1 rings (SSSR count). The van der Waals surface area contributed by atoms with Crippen molar-refractivity contribution in [1.82, 2.24) is 5.32 Å². The molecular formula is C13H18N2O4S. The van der Waals surface area contributed by atoms with E-state index in [4.69, 9.17) is 4.74 Å². The van der Waals surface area contributed by atoms with Crippen molar-refractivity contribution < 1.29 is 17.9 Å². The predicted octanol–water partition coefficient (Wildman–Crippen LogP) is 1.42. The summed E-state index contributed by atoms with van der Waals surface area (Å²) in [5, 5.41) is 5.20. The molecule has 2 amide bonds. The van der Waals surface area contributed by atoms with Crippen LogP contribution in [0.25, 0.3) is 0 Å². The molecule has 1 aromatic rings. The fraction of sp³-hybridized carbons (Fsp3) is 0.308. The van der Waals surface area contributed by atoms with Crippen molar-refractivity contribution in [3.05, 3.63) is 36.9 Å². The first-order valence-corrected chi connectivity index (χ1v) is 8.03. The minimum Gasteiger partial charge on any atom is -0.492 e. The summed E-state index contributed by atoms with van der Waals surface area (Å²) in [7, 11) is -3.05. The van der Waals surface area contributed by atoms with Crippen LogP contribution < -0.4 is 15.4 Å². The van der Waals surface area contributed by atoms with E-state index in [0.29, 0.717) is 18.0 Å². The summed E-state index contributed by atoms with van der Waals surface area (Å²) in [6.45, 7) is 3.94. The number of anilines is 1.